The average molecular weight is 283 g/mol. The third-order valence-corrected chi connectivity index (χ3v) is 4.08. The highest BCUT2D eigenvalue weighted by Crippen LogP contribution is 2.18. The van der Waals surface area contributed by atoms with Gasteiger partial charge in [-0.1, -0.05) is 58.3 Å². The van der Waals surface area contributed by atoms with Crippen LogP contribution in [0.15, 0.2) is 0 Å². The Balaban J connectivity index is 1.87. The number of hydrogen-bond acceptors (Lipinski definition) is 2. The van der Waals surface area contributed by atoms with E-state index >= 15 is 0 Å². The molecule has 0 unspecified atom stereocenters. The van der Waals surface area contributed by atoms with Crippen LogP contribution in [0.5, 0.6) is 0 Å². The molecule has 0 aromatic rings. The van der Waals surface area contributed by atoms with Crippen LogP contribution in [0.25, 0.3) is 0 Å². The van der Waals surface area contributed by atoms with Crippen molar-refractivity contribution >= 4 is 11.9 Å². The van der Waals surface area contributed by atoms with E-state index in [0.717, 1.165) is 12.8 Å². The normalized spacial score (nSPS) is 15.2. The molecule has 1 rings (SSSR count). The van der Waals surface area contributed by atoms with Gasteiger partial charge in [0.2, 0.25) is 5.91 Å². The molecule has 0 aliphatic carbocycles. The van der Waals surface area contributed by atoms with Crippen molar-refractivity contribution in [2.75, 3.05) is 13.1 Å². The molecule has 0 spiro atoms. The Kier molecular flexibility index (Phi) is 8.31. The molecule has 0 radical (unpaired) electrons. The summed E-state index contributed by atoms with van der Waals surface area (Å²) in [7, 11) is 0. The van der Waals surface area contributed by atoms with Crippen LogP contribution in [0, 0.1) is 5.92 Å². The van der Waals surface area contributed by atoms with Gasteiger partial charge in [0.1, 0.15) is 0 Å². The lowest BCUT2D eigenvalue weighted by molar-refractivity contribution is -0.152. The summed E-state index contributed by atoms with van der Waals surface area (Å²) in [5, 5.41) is 8.75. The van der Waals surface area contributed by atoms with Gasteiger partial charge in [-0.25, -0.2) is 0 Å². The number of carbonyl (C=O) groups is 2. The molecule has 0 aromatic heterocycles. The molecule has 4 heteroatoms. The van der Waals surface area contributed by atoms with E-state index < -0.39 is 5.97 Å². The third-order valence-electron chi connectivity index (χ3n) is 4.08. The minimum atomic E-state index is -0.780. The fraction of sp³-hybridized carbons (Fsp3) is 0.875. The number of amides is 1. The van der Waals surface area contributed by atoms with E-state index in [2.05, 4.69) is 6.92 Å². The Morgan fingerprint density at radius 3 is 1.95 bits per heavy atom. The second-order valence-electron chi connectivity index (χ2n) is 5.91. The summed E-state index contributed by atoms with van der Waals surface area (Å²) < 4.78 is 0. The monoisotopic (exact) mass is 283 g/mol. The lowest BCUT2D eigenvalue weighted by Gasteiger charge is -2.36. The number of carboxylic acid groups (broad SMARTS) is 1. The zero-order valence-corrected chi connectivity index (χ0v) is 12.8. The van der Waals surface area contributed by atoms with Gasteiger partial charge in [-0.3, -0.25) is 9.59 Å². The first-order valence-corrected chi connectivity index (χ1v) is 8.15. The number of carboxylic acids is 1. The average Bonchev–Trinajstić information content (AvgIpc) is 2.34. The molecule has 20 heavy (non-hydrogen) atoms. The number of carbonyl (C=O) groups excluding carboxylic acids is 1. The summed E-state index contributed by atoms with van der Waals surface area (Å²) in [6.07, 6.45) is 11.8. The lowest BCUT2D eigenvalue weighted by Crippen LogP contribution is -2.52. The van der Waals surface area contributed by atoms with Crippen molar-refractivity contribution in [2.24, 2.45) is 5.92 Å². The molecular formula is C16H29NO3. The maximum atomic E-state index is 11.7. The fourth-order valence-electron chi connectivity index (χ4n) is 2.58. The standard InChI is InChI=1S/C16H29NO3/c1-2-3-4-5-6-7-8-9-10-11-15(18)17-12-14(13-17)16(19)20/h14H,2-13H2,1H3,(H,19,20). The molecule has 0 atom stereocenters. The summed E-state index contributed by atoms with van der Waals surface area (Å²) in [5.41, 5.74) is 0. The van der Waals surface area contributed by atoms with E-state index in [-0.39, 0.29) is 11.8 Å². The number of likely N-dealkylation sites (tertiary alicyclic amines) is 1. The van der Waals surface area contributed by atoms with Gasteiger partial charge in [0.15, 0.2) is 0 Å². The Hall–Kier alpha value is -1.06. The zero-order chi connectivity index (χ0) is 14.8. The van der Waals surface area contributed by atoms with E-state index in [1.165, 1.54) is 44.9 Å². The van der Waals surface area contributed by atoms with E-state index in [1.54, 1.807) is 4.90 Å². The van der Waals surface area contributed by atoms with Crippen molar-refractivity contribution in [1.82, 2.24) is 4.90 Å². The first kappa shape index (κ1) is 17.0. The van der Waals surface area contributed by atoms with Crippen molar-refractivity contribution in [3.63, 3.8) is 0 Å². The van der Waals surface area contributed by atoms with Crippen LogP contribution in [0.2, 0.25) is 0 Å². The highest BCUT2D eigenvalue weighted by molar-refractivity contribution is 5.80. The van der Waals surface area contributed by atoms with Crippen LogP contribution in [0.4, 0.5) is 0 Å². The summed E-state index contributed by atoms with van der Waals surface area (Å²) in [6, 6.07) is 0. The Morgan fingerprint density at radius 1 is 0.950 bits per heavy atom. The quantitative estimate of drug-likeness (QED) is 0.591. The summed E-state index contributed by atoms with van der Waals surface area (Å²) in [5.74, 6) is -0.982. The van der Waals surface area contributed by atoms with Crippen LogP contribution in [0.1, 0.15) is 71.1 Å². The highest BCUT2D eigenvalue weighted by Gasteiger charge is 2.34. The van der Waals surface area contributed by atoms with E-state index in [9.17, 15) is 9.59 Å². The van der Waals surface area contributed by atoms with Gasteiger partial charge < -0.3 is 10.0 Å². The topological polar surface area (TPSA) is 57.6 Å². The van der Waals surface area contributed by atoms with E-state index in [1.807, 2.05) is 0 Å². The van der Waals surface area contributed by atoms with Crippen molar-refractivity contribution in [2.45, 2.75) is 71.1 Å². The summed E-state index contributed by atoms with van der Waals surface area (Å²) in [6.45, 7) is 3.05. The molecule has 0 aromatic carbocycles. The zero-order valence-electron chi connectivity index (χ0n) is 12.8. The maximum absolute atomic E-state index is 11.7. The van der Waals surface area contributed by atoms with Gasteiger partial charge in [-0.2, -0.15) is 0 Å². The number of hydrogen-bond donors (Lipinski definition) is 1. The molecular weight excluding hydrogens is 254 g/mol. The molecule has 0 bridgehead atoms. The maximum Gasteiger partial charge on any atom is 0.310 e. The lowest BCUT2D eigenvalue weighted by atomic mass is 9.99. The molecule has 1 fully saturated rings. The van der Waals surface area contributed by atoms with Crippen molar-refractivity contribution in [3.8, 4) is 0 Å². The molecule has 4 nitrogen and oxygen atoms in total. The molecule has 1 saturated heterocycles. The largest absolute Gasteiger partial charge is 0.481 e. The smallest absolute Gasteiger partial charge is 0.310 e. The van der Waals surface area contributed by atoms with Crippen molar-refractivity contribution < 1.29 is 14.7 Å². The van der Waals surface area contributed by atoms with Gasteiger partial charge in [0.25, 0.3) is 0 Å². The van der Waals surface area contributed by atoms with Crippen LogP contribution in [0.3, 0.4) is 0 Å². The number of unbranched alkanes of at least 4 members (excludes halogenated alkanes) is 8. The second-order valence-corrected chi connectivity index (χ2v) is 5.91. The first-order valence-electron chi connectivity index (χ1n) is 8.15. The Bertz CT molecular complexity index is 298. The van der Waals surface area contributed by atoms with Gasteiger partial charge >= 0.3 is 5.97 Å². The van der Waals surface area contributed by atoms with E-state index in [0.29, 0.717) is 19.5 Å². The first-order chi connectivity index (χ1) is 9.65. The van der Waals surface area contributed by atoms with Gasteiger partial charge in [0.05, 0.1) is 5.92 Å². The summed E-state index contributed by atoms with van der Waals surface area (Å²) >= 11 is 0. The Labute approximate surface area is 122 Å². The van der Waals surface area contributed by atoms with Crippen LogP contribution < -0.4 is 0 Å². The van der Waals surface area contributed by atoms with E-state index in [4.69, 9.17) is 5.11 Å². The minimum absolute atomic E-state index is 0.130. The van der Waals surface area contributed by atoms with Crippen molar-refractivity contribution in [1.29, 1.82) is 0 Å². The molecule has 0 saturated carbocycles. The van der Waals surface area contributed by atoms with Crippen LogP contribution >= 0.6 is 0 Å². The third kappa shape index (κ3) is 6.40. The van der Waals surface area contributed by atoms with Gasteiger partial charge in [-0.05, 0) is 6.42 Å². The molecule has 1 heterocycles. The van der Waals surface area contributed by atoms with Crippen molar-refractivity contribution in [3.05, 3.63) is 0 Å². The number of rotatable bonds is 11. The highest BCUT2D eigenvalue weighted by atomic mass is 16.4. The van der Waals surface area contributed by atoms with Crippen LogP contribution in [-0.4, -0.2) is 35.0 Å². The van der Waals surface area contributed by atoms with Gasteiger partial charge in [-0.15, -0.1) is 0 Å². The predicted molar refractivity (Wildman–Crippen MR) is 79.5 cm³/mol. The summed E-state index contributed by atoms with van der Waals surface area (Å²) in [4.78, 5) is 24.0. The SMILES string of the molecule is CCCCCCCCCCCC(=O)N1CC(C(=O)O)C1. The second kappa shape index (κ2) is 9.78. The predicted octanol–water partition coefficient (Wildman–Crippen LogP) is 3.45. The van der Waals surface area contributed by atoms with Crippen LogP contribution in [-0.2, 0) is 9.59 Å². The number of aliphatic carboxylic acids is 1. The minimum Gasteiger partial charge on any atom is -0.481 e. The molecule has 116 valence electrons. The number of nitrogens with zero attached hydrogens (tertiary/aromatic N) is 1. The molecule has 1 N–H and O–H groups in total. The molecule has 1 amide bonds. The Morgan fingerprint density at radius 2 is 1.45 bits per heavy atom. The van der Waals surface area contributed by atoms with Gasteiger partial charge in [0, 0.05) is 19.5 Å². The molecule has 1 aliphatic heterocycles. The fourth-order valence-corrected chi connectivity index (χ4v) is 2.58. The molecule has 1 aliphatic rings.